The number of fused-ring (bicyclic) bond motifs is 1. The topological polar surface area (TPSA) is 97.7 Å². The molecular weight excluding hydrogens is 531 g/mol. The third-order valence-corrected chi connectivity index (χ3v) is 7.79. The molecule has 13 heteroatoms. The minimum atomic E-state index is -4.52. The summed E-state index contributed by atoms with van der Waals surface area (Å²) in [6, 6.07) is 6.56. The molecule has 2 aromatic carbocycles. The van der Waals surface area contributed by atoms with Gasteiger partial charge in [0.05, 0.1) is 18.3 Å². The van der Waals surface area contributed by atoms with Gasteiger partial charge in [0, 0.05) is 33.5 Å². The van der Waals surface area contributed by atoms with Crippen molar-refractivity contribution in [1.82, 2.24) is 15.3 Å². The molecule has 1 amide bonds. The average Bonchev–Trinajstić information content (AvgIpc) is 3.35. The van der Waals surface area contributed by atoms with Crippen molar-refractivity contribution in [2.75, 3.05) is 37.1 Å². The van der Waals surface area contributed by atoms with Crippen molar-refractivity contribution < 1.29 is 27.4 Å². The van der Waals surface area contributed by atoms with E-state index in [4.69, 9.17) is 25.4 Å². The van der Waals surface area contributed by atoms with Crippen LogP contribution in [0.1, 0.15) is 18.4 Å². The van der Waals surface area contributed by atoms with Crippen LogP contribution in [0.15, 0.2) is 35.0 Å². The van der Waals surface area contributed by atoms with Crippen molar-refractivity contribution in [3.63, 3.8) is 0 Å². The Morgan fingerprint density at radius 2 is 1.97 bits per heavy atom. The van der Waals surface area contributed by atoms with Gasteiger partial charge in [-0.15, -0.1) is 0 Å². The zero-order valence-corrected chi connectivity index (χ0v) is 21.7. The molecule has 0 bridgehead atoms. The maximum atomic E-state index is 12.4. The Morgan fingerprint density at radius 1 is 1.22 bits per heavy atom. The number of ether oxygens (including phenoxy) is 2. The van der Waals surface area contributed by atoms with Gasteiger partial charge in [-0.1, -0.05) is 22.3 Å². The minimum Gasteiger partial charge on any atom is -0.494 e. The fraction of sp³-hybridized carbons (Fsp3) is 0.375. The Morgan fingerprint density at radius 3 is 2.68 bits per heavy atom. The fourth-order valence-electron chi connectivity index (χ4n) is 3.91. The number of hydrogen-bond donors (Lipinski definition) is 2. The lowest BCUT2D eigenvalue weighted by Crippen LogP contribution is -2.36. The number of benzene rings is 2. The Bertz CT molecular complexity index is 1350. The van der Waals surface area contributed by atoms with Crippen LogP contribution in [0.4, 0.5) is 30.4 Å². The van der Waals surface area contributed by atoms with E-state index in [1.807, 2.05) is 13.0 Å². The van der Waals surface area contributed by atoms with Gasteiger partial charge in [0.25, 0.3) is 5.91 Å². The number of nitrogens with one attached hydrogen (secondary N) is 2. The number of amides is 1. The summed E-state index contributed by atoms with van der Waals surface area (Å²) in [5.41, 5.74) is 2.63. The number of methoxy groups -OCH3 is 1. The summed E-state index contributed by atoms with van der Waals surface area (Å²) in [6.07, 6.45) is -0.754. The molecular formula is C24H25ClF3N5O3S. The highest BCUT2D eigenvalue weighted by atomic mass is 35.5. The maximum absolute atomic E-state index is 12.4. The highest BCUT2D eigenvalue weighted by Crippen LogP contribution is 2.41. The monoisotopic (exact) mass is 555 g/mol. The quantitative estimate of drug-likeness (QED) is 0.374. The second kappa shape index (κ2) is 11.5. The maximum Gasteiger partial charge on any atom is 0.405 e. The Kier molecular flexibility index (Phi) is 8.38. The van der Waals surface area contributed by atoms with Gasteiger partial charge in [-0.2, -0.15) is 13.2 Å². The molecule has 2 N–H and O–H groups in total. The average molecular weight is 556 g/mol. The van der Waals surface area contributed by atoms with Crippen LogP contribution < -0.4 is 20.1 Å². The van der Waals surface area contributed by atoms with E-state index in [9.17, 15) is 18.0 Å². The predicted molar refractivity (Wildman–Crippen MR) is 139 cm³/mol. The van der Waals surface area contributed by atoms with E-state index in [0.29, 0.717) is 33.2 Å². The van der Waals surface area contributed by atoms with Crippen molar-refractivity contribution in [1.29, 1.82) is 0 Å². The van der Waals surface area contributed by atoms with Crippen LogP contribution in [-0.2, 0) is 15.5 Å². The highest BCUT2D eigenvalue weighted by molar-refractivity contribution is 7.87. The number of alkyl halides is 3. The zero-order chi connectivity index (χ0) is 26.6. The molecule has 2 heterocycles. The normalized spacial score (nSPS) is 14.0. The summed E-state index contributed by atoms with van der Waals surface area (Å²) < 4.78 is 53.2. The third-order valence-electron chi connectivity index (χ3n) is 5.58. The van der Waals surface area contributed by atoms with E-state index < -0.39 is 25.2 Å². The number of anilines is 2. The van der Waals surface area contributed by atoms with Gasteiger partial charge in [0.2, 0.25) is 0 Å². The molecule has 1 fully saturated rings. The Labute approximate surface area is 219 Å². The molecule has 1 aromatic heterocycles. The zero-order valence-electron chi connectivity index (χ0n) is 20.1. The van der Waals surface area contributed by atoms with E-state index in [1.54, 1.807) is 24.6 Å². The molecule has 8 nitrogen and oxygen atoms in total. The molecule has 37 heavy (non-hydrogen) atoms. The number of aromatic nitrogens is 2. The summed E-state index contributed by atoms with van der Waals surface area (Å²) in [5.74, 6) is 2.48. The predicted octanol–water partition coefficient (Wildman–Crippen LogP) is 5.63. The van der Waals surface area contributed by atoms with Gasteiger partial charge in [-0.05, 0) is 38.0 Å². The molecule has 0 atom stereocenters. The number of nitrogens with zero attached hydrogens (tertiary/aromatic N) is 3. The lowest BCUT2D eigenvalue weighted by atomic mass is 10.1. The van der Waals surface area contributed by atoms with Crippen molar-refractivity contribution in [3.8, 4) is 11.5 Å². The second-order valence-electron chi connectivity index (χ2n) is 8.29. The number of rotatable bonds is 8. The standard InChI is InChI=1S/C24H25ClF3N5O3S/c1-14-21-17(10-18(22(14)35-2)33-37-7-3-4-8-37)30-13-31-23(21)32-16-6-5-15(25)9-19(16)36-11-20(34)29-12-24(26,27)28/h5-6,9-10,13H,3-4,7-8,11-12H2,1-2H3,(H,29,34)(H,30,31,32). The van der Waals surface area contributed by atoms with Crippen molar-refractivity contribution >= 4 is 56.3 Å². The van der Waals surface area contributed by atoms with E-state index >= 15 is 0 Å². The first-order valence-electron chi connectivity index (χ1n) is 11.4. The molecule has 198 valence electrons. The van der Waals surface area contributed by atoms with Gasteiger partial charge >= 0.3 is 6.18 Å². The van der Waals surface area contributed by atoms with E-state index in [0.717, 1.165) is 22.8 Å². The molecule has 0 saturated carbocycles. The lowest BCUT2D eigenvalue weighted by Gasteiger charge is -2.17. The van der Waals surface area contributed by atoms with Gasteiger partial charge in [0.1, 0.15) is 35.9 Å². The van der Waals surface area contributed by atoms with Crippen molar-refractivity contribution in [2.24, 2.45) is 4.36 Å². The summed E-state index contributed by atoms with van der Waals surface area (Å²) in [4.78, 5) is 20.6. The van der Waals surface area contributed by atoms with E-state index in [2.05, 4.69) is 15.3 Å². The molecule has 1 aliphatic heterocycles. The van der Waals surface area contributed by atoms with Gasteiger partial charge in [-0.25, -0.2) is 14.3 Å². The first kappa shape index (κ1) is 26.9. The second-order valence-corrected chi connectivity index (χ2v) is 10.6. The van der Waals surface area contributed by atoms with Gasteiger partial charge in [-0.3, -0.25) is 4.79 Å². The fourth-order valence-corrected chi connectivity index (χ4v) is 5.95. The Balaban J connectivity index is 1.64. The van der Waals surface area contributed by atoms with E-state index in [-0.39, 0.29) is 16.4 Å². The smallest absolute Gasteiger partial charge is 0.405 e. The minimum absolute atomic E-state index is 0.0347. The summed E-state index contributed by atoms with van der Waals surface area (Å²) in [5, 5.41) is 5.97. The van der Waals surface area contributed by atoms with Crippen molar-refractivity contribution in [2.45, 2.75) is 25.9 Å². The van der Waals surface area contributed by atoms with Crippen molar-refractivity contribution in [3.05, 3.63) is 41.2 Å². The lowest BCUT2D eigenvalue weighted by molar-refractivity contribution is -0.139. The first-order chi connectivity index (χ1) is 17.6. The third kappa shape index (κ3) is 6.80. The summed E-state index contributed by atoms with van der Waals surface area (Å²) >= 11 is 6.09. The number of halogens is 4. The van der Waals surface area contributed by atoms with Gasteiger partial charge < -0.3 is 20.1 Å². The largest absolute Gasteiger partial charge is 0.494 e. The van der Waals surface area contributed by atoms with Crippen LogP contribution in [0.5, 0.6) is 11.5 Å². The highest BCUT2D eigenvalue weighted by Gasteiger charge is 2.27. The molecule has 1 saturated heterocycles. The molecule has 0 spiro atoms. The molecule has 4 rings (SSSR count). The van der Waals surface area contributed by atoms with Crippen LogP contribution in [0.3, 0.4) is 0 Å². The molecule has 0 aliphatic carbocycles. The summed E-state index contributed by atoms with van der Waals surface area (Å²) in [6.45, 7) is -0.175. The number of carbonyl (C=O) groups excluding carboxylic acids is 1. The molecule has 0 unspecified atom stereocenters. The van der Waals surface area contributed by atoms with Crippen LogP contribution in [0.25, 0.3) is 10.9 Å². The van der Waals surface area contributed by atoms with Gasteiger partial charge in [0.15, 0.2) is 6.61 Å². The number of aryl methyl sites for hydroxylation is 1. The van der Waals surface area contributed by atoms with Crippen LogP contribution in [-0.4, -0.2) is 53.8 Å². The number of hydrogen-bond acceptors (Lipinski definition) is 7. The van der Waals surface area contributed by atoms with Crippen LogP contribution in [0.2, 0.25) is 5.02 Å². The molecule has 3 aromatic rings. The van der Waals surface area contributed by atoms with Crippen LogP contribution in [0, 0.1) is 6.92 Å². The Hall–Kier alpha value is -3.12. The SMILES string of the molecule is COc1c(N=S2CCCC2)cc2ncnc(Nc3ccc(Cl)cc3OCC(=O)NCC(F)(F)F)c2c1C. The van der Waals surface area contributed by atoms with Crippen LogP contribution >= 0.6 is 11.6 Å². The van der Waals surface area contributed by atoms with E-state index in [1.165, 1.54) is 25.2 Å². The first-order valence-corrected chi connectivity index (χ1v) is 13.3. The molecule has 0 radical (unpaired) electrons. The molecule has 1 aliphatic rings. The number of carbonyl (C=O) groups is 1. The summed E-state index contributed by atoms with van der Waals surface area (Å²) in [7, 11) is 1.56.